The Morgan fingerprint density at radius 3 is 2.86 bits per heavy atom. The van der Waals surface area contributed by atoms with Gasteiger partial charge in [0.1, 0.15) is 0 Å². The third-order valence-corrected chi connectivity index (χ3v) is 2.18. The zero-order valence-corrected chi connectivity index (χ0v) is 8.79. The topological polar surface area (TPSA) is 38.9 Å². The van der Waals surface area contributed by atoms with E-state index in [0.29, 0.717) is 22.6 Å². The molecule has 1 aromatic carbocycles. The van der Waals surface area contributed by atoms with Gasteiger partial charge in [-0.3, -0.25) is 0 Å². The highest BCUT2D eigenvalue weighted by atomic mass is 35.5. The van der Waals surface area contributed by atoms with Crippen LogP contribution in [0.25, 0.3) is 11.5 Å². The summed E-state index contributed by atoms with van der Waals surface area (Å²) in [5.41, 5.74) is 0.818. The Kier molecular flexibility index (Phi) is 2.74. The lowest BCUT2D eigenvalue weighted by Crippen LogP contribution is -1.76. The Morgan fingerprint density at radius 2 is 2.21 bits per heavy atom. The minimum Gasteiger partial charge on any atom is -0.420 e. The van der Waals surface area contributed by atoms with Crippen LogP contribution in [0.4, 0.5) is 0 Å². The third kappa shape index (κ3) is 1.91. The quantitative estimate of drug-likeness (QED) is 0.801. The van der Waals surface area contributed by atoms with Gasteiger partial charge >= 0.3 is 0 Å². The second-order valence-corrected chi connectivity index (χ2v) is 3.42. The molecule has 0 unspecified atom stereocenters. The molecule has 0 N–H and O–H groups in total. The summed E-state index contributed by atoms with van der Waals surface area (Å²) in [5.74, 6) is 1.41. The molecule has 1 heterocycles. The second-order valence-electron chi connectivity index (χ2n) is 2.67. The lowest BCUT2D eigenvalue weighted by Gasteiger charge is -1.94. The Balaban J connectivity index is 2.39. The molecule has 14 heavy (non-hydrogen) atoms. The summed E-state index contributed by atoms with van der Waals surface area (Å²) in [6, 6.07) is 7.27. The molecule has 0 aliphatic rings. The van der Waals surface area contributed by atoms with Crippen LogP contribution < -0.4 is 0 Å². The molecule has 72 valence electrons. The van der Waals surface area contributed by atoms with Gasteiger partial charge in [0.2, 0.25) is 11.8 Å². The molecular formula is C9H7ClN2OS. The van der Waals surface area contributed by atoms with Gasteiger partial charge in [-0.15, -0.1) is 10.2 Å². The van der Waals surface area contributed by atoms with Crippen LogP contribution in [0.15, 0.2) is 28.7 Å². The molecule has 0 saturated heterocycles. The Bertz CT molecular complexity index is 444. The first-order valence-electron chi connectivity index (χ1n) is 3.99. The maximum absolute atomic E-state index is 5.83. The van der Waals surface area contributed by atoms with Crippen molar-refractivity contribution in [1.82, 2.24) is 10.2 Å². The van der Waals surface area contributed by atoms with Crippen LogP contribution in [-0.2, 0) is 5.75 Å². The van der Waals surface area contributed by atoms with Crippen molar-refractivity contribution in [1.29, 1.82) is 0 Å². The van der Waals surface area contributed by atoms with Gasteiger partial charge in [0.05, 0.1) is 5.75 Å². The number of rotatable bonds is 2. The molecule has 0 amide bonds. The molecule has 2 rings (SSSR count). The zero-order chi connectivity index (χ0) is 9.97. The summed E-state index contributed by atoms with van der Waals surface area (Å²) in [6.07, 6.45) is 0. The van der Waals surface area contributed by atoms with Gasteiger partial charge in [-0.25, -0.2) is 0 Å². The van der Waals surface area contributed by atoms with Crippen molar-refractivity contribution >= 4 is 24.2 Å². The number of hydrogen-bond acceptors (Lipinski definition) is 4. The van der Waals surface area contributed by atoms with E-state index in [-0.39, 0.29) is 0 Å². The standard InChI is InChI=1S/C9H7ClN2OS/c10-7-3-1-2-6(4-7)9-12-11-8(5-14)13-9/h1-4,14H,5H2. The number of hydrogen-bond donors (Lipinski definition) is 1. The van der Waals surface area contributed by atoms with Crippen molar-refractivity contribution in [3.8, 4) is 11.5 Å². The maximum atomic E-state index is 5.83. The average Bonchev–Trinajstić information content (AvgIpc) is 2.66. The molecule has 0 spiro atoms. The molecule has 0 fully saturated rings. The van der Waals surface area contributed by atoms with Crippen LogP contribution >= 0.6 is 24.2 Å². The highest BCUT2D eigenvalue weighted by Gasteiger charge is 2.06. The minimum atomic E-state index is 0.438. The zero-order valence-electron chi connectivity index (χ0n) is 7.14. The summed E-state index contributed by atoms with van der Waals surface area (Å²) in [6.45, 7) is 0. The van der Waals surface area contributed by atoms with Gasteiger partial charge in [0.15, 0.2) is 0 Å². The van der Waals surface area contributed by atoms with E-state index in [9.17, 15) is 0 Å². The molecule has 0 aliphatic heterocycles. The van der Waals surface area contributed by atoms with E-state index in [0.717, 1.165) is 5.56 Å². The number of aromatic nitrogens is 2. The summed E-state index contributed by atoms with van der Waals surface area (Å²) in [5, 5.41) is 8.33. The molecule has 0 bridgehead atoms. The van der Waals surface area contributed by atoms with Crippen molar-refractivity contribution in [2.24, 2.45) is 0 Å². The van der Waals surface area contributed by atoms with Gasteiger partial charge in [0, 0.05) is 10.6 Å². The predicted molar refractivity (Wildman–Crippen MR) is 57.4 cm³/mol. The van der Waals surface area contributed by atoms with Crippen molar-refractivity contribution in [2.45, 2.75) is 5.75 Å². The fraction of sp³-hybridized carbons (Fsp3) is 0.111. The maximum Gasteiger partial charge on any atom is 0.247 e. The van der Waals surface area contributed by atoms with E-state index < -0.39 is 0 Å². The van der Waals surface area contributed by atoms with Crippen LogP contribution in [0.3, 0.4) is 0 Å². The summed E-state index contributed by atoms with van der Waals surface area (Å²) < 4.78 is 5.32. The highest BCUT2D eigenvalue weighted by molar-refractivity contribution is 7.79. The number of benzene rings is 1. The molecule has 0 saturated carbocycles. The lowest BCUT2D eigenvalue weighted by molar-refractivity contribution is 0.529. The molecule has 0 atom stereocenters. The van der Waals surface area contributed by atoms with Crippen LogP contribution in [0.1, 0.15) is 5.89 Å². The Morgan fingerprint density at radius 1 is 1.36 bits per heavy atom. The summed E-state index contributed by atoms with van der Waals surface area (Å²) in [7, 11) is 0. The van der Waals surface area contributed by atoms with Crippen molar-refractivity contribution in [3.63, 3.8) is 0 Å². The van der Waals surface area contributed by atoms with E-state index >= 15 is 0 Å². The number of thiol groups is 1. The summed E-state index contributed by atoms with van der Waals surface area (Å²) in [4.78, 5) is 0. The molecule has 5 heteroatoms. The van der Waals surface area contributed by atoms with E-state index in [1.54, 1.807) is 12.1 Å². The Hall–Kier alpha value is -1.00. The minimum absolute atomic E-state index is 0.438. The summed E-state index contributed by atoms with van der Waals surface area (Å²) >= 11 is 9.86. The first-order valence-corrected chi connectivity index (χ1v) is 5.00. The van der Waals surface area contributed by atoms with E-state index in [4.69, 9.17) is 16.0 Å². The van der Waals surface area contributed by atoms with Crippen LogP contribution in [0.5, 0.6) is 0 Å². The Labute approximate surface area is 91.5 Å². The largest absolute Gasteiger partial charge is 0.420 e. The van der Waals surface area contributed by atoms with Crippen LogP contribution in [0.2, 0.25) is 5.02 Å². The monoisotopic (exact) mass is 226 g/mol. The van der Waals surface area contributed by atoms with Crippen LogP contribution in [-0.4, -0.2) is 10.2 Å². The highest BCUT2D eigenvalue weighted by Crippen LogP contribution is 2.21. The fourth-order valence-corrected chi connectivity index (χ4v) is 1.37. The van der Waals surface area contributed by atoms with E-state index in [1.807, 2.05) is 12.1 Å². The fourth-order valence-electron chi connectivity index (χ4n) is 1.06. The van der Waals surface area contributed by atoms with Gasteiger partial charge < -0.3 is 4.42 Å². The van der Waals surface area contributed by atoms with Crippen molar-refractivity contribution in [2.75, 3.05) is 0 Å². The molecule has 0 aliphatic carbocycles. The molecule has 1 aromatic heterocycles. The van der Waals surface area contributed by atoms with Gasteiger partial charge in [0.25, 0.3) is 0 Å². The smallest absolute Gasteiger partial charge is 0.247 e. The van der Waals surface area contributed by atoms with Gasteiger partial charge in [-0.1, -0.05) is 17.7 Å². The van der Waals surface area contributed by atoms with Crippen molar-refractivity contribution < 1.29 is 4.42 Å². The van der Waals surface area contributed by atoms with Gasteiger partial charge in [-0.2, -0.15) is 12.6 Å². The van der Waals surface area contributed by atoms with E-state index in [1.165, 1.54) is 0 Å². The molecule has 3 nitrogen and oxygen atoms in total. The molecular weight excluding hydrogens is 220 g/mol. The van der Waals surface area contributed by atoms with Gasteiger partial charge in [-0.05, 0) is 18.2 Å². The first kappa shape index (κ1) is 9.55. The number of nitrogens with zero attached hydrogens (tertiary/aromatic N) is 2. The average molecular weight is 227 g/mol. The lowest BCUT2D eigenvalue weighted by atomic mass is 10.2. The van der Waals surface area contributed by atoms with E-state index in [2.05, 4.69) is 22.8 Å². The SMILES string of the molecule is SCc1nnc(-c2cccc(Cl)c2)o1. The second kappa shape index (κ2) is 4.02. The van der Waals surface area contributed by atoms with Crippen molar-refractivity contribution in [3.05, 3.63) is 35.2 Å². The van der Waals surface area contributed by atoms with Crippen LogP contribution in [0, 0.1) is 0 Å². The third-order valence-electron chi connectivity index (χ3n) is 1.67. The molecule has 0 radical (unpaired) electrons. The number of halogens is 1. The normalized spacial score (nSPS) is 10.4. The first-order chi connectivity index (χ1) is 6.79. The predicted octanol–water partition coefficient (Wildman–Crippen LogP) is 2.82. The molecule has 2 aromatic rings.